The minimum atomic E-state index is -5.69. The van der Waals surface area contributed by atoms with Gasteiger partial charge in [0.05, 0.1) is 13.2 Å². The Bertz CT molecular complexity index is 2030. The highest BCUT2D eigenvalue weighted by atomic mass is 31.2. The van der Waals surface area contributed by atoms with E-state index in [1.807, 2.05) is 0 Å². The van der Waals surface area contributed by atoms with Crippen molar-refractivity contribution in [2.75, 3.05) is 26.4 Å². The number of rotatable bonds is 59. The van der Waals surface area contributed by atoms with E-state index >= 15 is 0 Å². The van der Waals surface area contributed by atoms with Crippen LogP contribution in [0.3, 0.4) is 0 Å². The van der Waals surface area contributed by atoms with Gasteiger partial charge in [-0.25, -0.2) is 4.57 Å². The number of hydrogen-bond donors (Lipinski definition) is 11. The summed E-state index contributed by atoms with van der Waals surface area (Å²) in [5, 5.41) is 110. The molecule has 0 aromatic heterocycles. The lowest BCUT2D eigenvalue weighted by atomic mass is 9.84. The molecule has 3 rings (SSSR count). The maximum Gasteiger partial charge on any atom is 0.472 e. The van der Waals surface area contributed by atoms with Crippen LogP contribution in [-0.2, 0) is 61.2 Å². The fourth-order valence-corrected chi connectivity index (χ4v) is 13.9. The van der Waals surface area contributed by atoms with Crippen LogP contribution < -0.4 is 0 Å². The van der Waals surface area contributed by atoms with Gasteiger partial charge in [0.2, 0.25) is 0 Å². The summed E-state index contributed by atoms with van der Waals surface area (Å²) in [5.41, 5.74) is 0. The minimum Gasteiger partial charge on any atom is -0.463 e. The van der Waals surface area contributed by atoms with E-state index in [4.69, 9.17) is 42.2 Å². The third-order valence-electron chi connectivity index (χ3n) is 19.3. The van der Waals surface area contributed by atoms with Crippen LogP contribution in [-0.4, -0.2) is 204 Å². The topological polar surface area (TPSA) is 374 Å². The molecule has 97 heavy (non-hydrogen) atoms. The van der Waals surface area contributed by atoms with Crippen LogP contribution in [0.2, 0.25) is 0 Å². The fourth-order valence-electron chi connectivity index (χ4n) is 12.9. The highest BCUT2D eigenvalue weighted by molar-refractivity contribution is 7.47. The smallest absolute Gasteiger partial charge is 0.463 e. The van der Waals surface area contributed by atoms with Crippen molar-refractivity contribution in [3.8, 4) is 0 Å². The van der Waals surface area contributed by atoms with Crippen molar-refractivity contribution in [3.63, 3.8) is 0 Å². The first kappa shape index (κ1) is 89.2. The predicted octanol–water partition coefficient (Wildman–Crippen LogP) is 10.4. The second-order valence-corrected chi connectivity index (χ2v) is 29.4. The number of esters is 3. The van der Waals surface area contributed by atoms with Crippen molar-refractivity contribution in [1.29, 1.82) is 0 Å². The summed E-state index contributed by atoms with van der Waals surface area (Å²) in [4.78, 5) is 51.0. The number of carbonyl (C=O) groups excluding carboxylic acids is 3. The first-order valence-corrected chi connectivity index (χ1v) is 39.7. The molecule has 0 amide bonds. The molecular weight excluding hydrogens is 1280 g/mol. The Balaban J connectivity index is 1.73. The van der Waals surface area contributed by atoms with Crippen molar-refractivity contribution in [2.45, 2.75) is 408 Å². The molecule has 0 spiro atoms. The summed E-state index contributed by atoms with van der Waals surface area (Å²) in [6, 6.07) is 0. The van der Waals surface area contributed by atoms with Crippen molar-refractivity contribution in [1.82, 2.24) is 0 Å². The average molecular weight is 1420 g/mol. The summed E-state index contributed by atoms with van der Waals surface area (Å²) < 4.78 is 65.0. The highest BCUT2D eigenvalue weighted by Gasteiger charge is 2.58. The van der Waals surface area contributed by atoms with E-state index in [0.717, 1.165) is 96.3 Å². The largest absolute Gasteiger partial charge is 0.472 e. The number of aliphatic hydroxyl groups is 10. The summed E-state index contributed by atoms with van der Waals surface area (Å²) in [5.74, 6) is -1.28. The zero-order valence-corrected chi connectivity index (χ0v) is 60.7. The van der Waals surface area contributed by atoms with Gasteiger partial charge in [0, 0.05) is 19.3 Å². The Hall–Kier alpha value is -2.04. The number of phosphoric ester groups is 1. The standard InChI is InChI=1S/C72H135O24P/c1-5-8-11-14-17-19-21-22-23-24-26-28-30-37-42-47-58(76)91-53(49-88-56(74)45-40-35-29-27-25-20-18-15-12-9-6-2)50-90-97(86,87)96-70-68(94-71-66(84)61(79)59(77)54(48-73)92-71)64(82)63(81)65(83)69(70)95-72-67(85)62(80)60(78)55(93-72)51-89-57(75)46-41-36-32-31-34-39-44-52(4)43-38-33-16-13-10-7-3/h52-55,59-73,77-85H,5-51H2,1-4H3,(H,86,87). The monoisotopic (exact) mass is 1410 g/mol. The predicted molar refractivity (Wildman–Crippen MR) is 365 cm³/mol. The van der Waals surface area contributed by atoms with E-state index in [0.29, 0.717) is 25.2 Å². The molecule has 0 aromatic carbocycles. The third kappa shape index (κ3) is 37.3. The lowest BCUT2D eigenvalue weighted by molar-refractivity contribution is -0.360. The molecule has 24 nitrogen and oxygen atoms in total. The Kier molecular flexibility index (Phi) is 49.4. The van der Waals surface area contributed by atoms with Gasteiger partial charge in [-0.1, -0.05) is 265 Å². The molecule has 2 aliphatic heterocycles. The molecule has 3 fully saturated rings. The van der Waals surface area contributed by atoms with Crippen molar-refractivity contribution in [3.05, 3.63) is 0 Å². The Morgan fingerprint density at radius 2 is 0.722 bits per heavy atom. The normalized spacial score (nSPS) is 28.1. The number of hydrogen-bond acceptors (Lipinski definition) is 23. The number of aliphatic hydroxyl groups excluding tert-OH is 10. The molecule has 11 N–H and O–H groups in total. The summed E-state index contributed by atoms with van der Waals surface area (Å²) in [7, 11) is -5.69. The molecule has 19 atom stereocenters. The van der Waals surface area contributed by atoms with Gasteiger partial charge in [0.15, 0.2) is 18.7 Å². The molecule has 19 unspecified atom stereocenters. The first-order chi connectivity index (χ1) is 46.7. The molecule has 1 aliphatic carbocycles. The molecule has 0 bridgehead atoms. The van der Waals surface area contributed by atoms with Crippen LogP contribution in [0, 0.1) is 5.92 Å². The van der Waals surface area contributed by atoms with Crippen LogP contribution in [0.1, 0.15) is 304 Å². The minimum absolute atomic E-state index is 0.0310. The number of carbonyl (C=O) groups is 3. The molecule has 572 valence electrons. The van der Waals surface area contributed by atoms with Crippen molar-refractivity contribution >= 4 is 25.7 Å². The second kappa shape index (κ2) is 53.7. The van der Waals surface area contributed by atoms with E-state index in [1.54, 1.807) is 0 Å². The maximum atomic E-state index is 14.3. The maximum absolute atomic E-state index is 14.3. The molecule has 1 saturated carbocycles. The van der Waals surface area contributed by atoms with Crippen LogP contribution in [0.15, 0.2) is 0 Å². The Morgan fingerprint density at radius 1 is 0.392 bits per heavy atom. The van der Waals surface area contributed by atoms with Crippen LogP contribution >= 0.6 is 7.82 Å². The summed E-state index contributed by atoms with van der Waals surface area (Å²) in [6.07, 6.45) is 8.91. The summed E-state index contributed by atoms with van der Waals surface area (Å²) >= 11 is 0. The van der Waals surface area contributed by atoms with E-state index in [9.17, 15) is 74.9 Å². The van der Waals surface area contributed by atoms with Crippen LogP contribution in [0.5, 0.6) is 0 Å². The molecular formula is C72H135O24P. The van der Waals surface area contributed by atoms with Gasteiger partial charge in [-0.15, -0.1) is 0 Å². The van der Waals surface area contributed by atoms with Crippen LogP contribution in [0.25, 0.3) is 0 Å². The Morgan fingerprint density at radius 3 is 1.11 bits per heavy atom. The fraction of sp³-hybridized carbons (Fsp3) is 0.958. The van der Waals surface area contributed by atoms with Gasteiger partial charge in [-0.2, -0.15) is 0 Å². The number of unbranched alkanes of at least 4 members (excludes halogenated alkanes) is 34. The van der Waals surface area contributed by atoms with Gasteiger partial charge in [0.25, 0.3) is 0 Å². The van der Waals surface area contributed by atoms with Crippen molar-refractivity contribution < 1.29 is 117 Å². The number of ether oxygens (including phenoxy) is 7. The molecule has 0 radical (unpaired) electrons. The first-order valence-electron chi connectivity index (χ1n) is 38.2. The zero-order chi connectivity index (χ0) is 71.2. The van der Waals surface area contributed by atoms with Crippen molar-refractivity contribution in [2.24, 2.45) is 5.92 Å². The molecule has 3 aliphatic rings. The summed E-state index contributed by atoms with van der Waals surface area (Å²) in [6.45, 7) is 5.77. The SMILES string of the molecule is CCCCCCCCCCCCCCCCCC(=O)OC(COC(=O)CCCCCCCCCCCCC)COP(=O)(O)OC1C(OC2OC(CO)C(O)C(O)C2O)C(O)C(O)C(O)C1OC1OC(COC(=O)CCCCCCCCC(C)CCCCCCCC)C(O)C(O)C1O. The van der Waals surface area contributed by atoms with Gasteiger partial charge >= 0.3 is 25.7 Å². The van der Waals surface area contributed by atoms with Gasteiger partial charge in [-0.3, -0.25) is 23.4 Å². The van der Waals surface area contributed by atoms with Crippen LogP contribution in [0.4, 0.5) is 0 Å². The highest BCUT2D eigenvalue weighted by Crippen LogP contribution is 2.49. The molecule has 25 heteroatoms. The Labute approximate surface area is 580 Å². The third-order valence-corrected chi connectivity index (χ3v) is 20.3. The zero-order valence-electron chi connectivity index (χ0n) is 59.8. The van der Waals surface area contributed by atoms with Gasteiger partial charge in [0.1, 0.15) is 98.7 Å². The molecule has 2 heterocycles. The average Bonchev–Trinajstić information content (AvgIpc) is 0.771. The number of phosphoric acid groups is 1. The van der Waals surface area contributed by atoms with E-state index in [-0.39, 0.29) is 19.3 Å². The van der Waals surface area contributed by atoms with Gasteiger partial charge < -0.3 is 89.1 Å². The van der Waals surface area contributed by atoms with E-state index < -0.39 is 156 Å². The van der Waals surface area contributed by atoms with E-state index in [2.05, 4.69) is 27.7 Å². The molecule has 2 saturated heterocycles. The van der Waals surface area contributed by atoms with Gasteiger partial charge in [-0.05, 0) is 25.2 Å². The quantitative estimate of drug-likeness (QED) is 0.0117. The van der Waals surface area contributed by atoms with E-state index in [1.165, 1.54) is 141 Å². The lowest BCUT2D eigenvalue weighted by Gasteiger charge is -2.49. The second-order valence-electron chi connectivity index (χ2n) is 28.0. The molecule has 0 aromatic rings. The lowest BCUT2D eigenvalue weighted by Crippen LogP contribution is -2.69.